The van der Waals surface area contributed by atoms with E-state index in [1.54, 1.807) is 14.2 Å². The van der Waals surface area contributed by atoms with Crippen LogP contribution >= 0.6 is 11.6 Å². The number of rotatable bonds is 8. The van der Waals surface area contributed by atoms with E-state index in [9.17, 15) is 0 Å². The second-order valence-corrected chi connectivity index (χ2v) is 6.09. The van der Waals surface area contributed by atoms with Gasteiger partial charge in [-0.25, -0.2) is 0 Å². The number of hydrogen-bond acceptors (Lipinski definition) is 3. The van der Waals surface area contributed by atoms with Gasteiger partial charge in [0, 0.05) is 25.2 Å². The van der Waals surface area contributed by atoms with Crippen molar-refractivity contribution in [3.63, 3.8) is 0 Å². The first-order valence-corrected chi connectivity index (χ1v) is 7.59. The predicted octanol–water partition coefficient (Wildman–Crippen LogP) is 3.30. The molecule has 1 aromatic carbocycles. The summed E-state index contributed by atoms with van der Waals surface area (Å²) < 4.78 is 10.5. The maximum absolute atomic E-state index is 6.12. The van der Waals surface area contributed by atoms with Crippen LogP contribution in [0.3, 0.4) is 0 Å². The Morgan fingerprint density at radius 1 is 1.30 bits per heavy atom. The van der Waals surface area contributed by atoms with E-state index < -0.39 is 0 Å². The summed E-state index contributed by atoms with van der Waals surface area (Å²) in [6.07, 6.45) is 4.87. The summed E-state index contributed by atoms with van der Waals surface area (Å²) in [6, 6.07) is 5.88. The van der Waals surface area contributed by atoms with E-state index in [1.165, 1.54) is 24.8 Å². The summed E-state index contributed by atoms with van der Waals surface area (Å²) in [4.78, 5) is 0. The van der Waals surface area contributed by atoms with Gasteiger partial charge in [0.1, 0.15) is 5.75 Å². The maximum atomic E-state index is 6.12. The van der Waals surface area contributed by atoms with Crippen LogP contribution in [-0.4, -0.2) is 33.9 Å². The minimum Gasteiger partial charge on any atom is -0.496 e. The Kier molecular flexibility index (Phi) is 5.70. The van der Waals surface area contributed by atoms with Crippen molar-refractivity contribution in [2.75, 3.05) is 33.9 Å². The molecule has 1 saturated carbocycles. The lowest BCUT2D eigenvalue weighted by Gasteiger charge is -2.42. The molecule has 0 unspecified atom stereocenters. The van der Waals surface area contributed by atoms with Crippen LogP contribution in [0.1, 0.15) is 24.8 Å². The maximum Gasteiger partial charge on any atom is 0.122 e. The molecule has 0 atom stereocenters. The van der Waals surface area contributed by atoms with Gasteiger partial charge in [0.05, 0.1) is 13.7 Å². The fourth-order valence-electron chi connectivity index (χ4n) is 2.91. The number of benzene rings is 1. The van der Waals surface area contributed by atoms with Crippen molar-refractivity contribution in [3.05, 3.63) is 28.8 Å². The highest BCUT2D eigenvalue weighted by Crippen LogP contribution is 2.44. The third-order valence-electron chi connectivity index (χ3n) is 4.21. The van der Waals surface area contributed by atoms with E-state index in [-0.39, 0.29) is 0 Å². The first-order valence-electron chi connectivity index (χ1n) is 7.21. The number of halogens is 1. The van der Waals surface area contributed by atoms with Crippen LogP contribution < -0.4 is 10.1 Å². The fraction of sp³-hybridized carbons (Fsp3) is 0.625. The second kappa shape index (κ2) is 7.30. The number of hydrogen-bond donors (Lipinski definition) is 1. The van der Waals surface area contributed by atoms with Crippen LogP contribution in [0.15, 0.2) is 18.2 Å². The highest BCUT2D eigenvalue weighted by atomic mass is 35.5. The van der Waals surface area contributed by atoms with Crippen molar-refractivity contribution in [2.24, 2.45) is 5.41 Å². The highest BCUT2D eigenvalue weighted by Gasteiger charge is 2.37. The molecule has 112 valence electrons. The Bertz CT molecular complexity index is 432. The van der Waals surface area contributed by atoms with Gasteiger partial charge in [0.25, 0.3) is 0 Å². The monoisotopic (exact) mass is 297 g/mol. The third kappa shape index (κ3) is 3.87. The Hall–Kier alpha value is -0.770. The van der Waals surface area contributed by atoms with Gasteiger partial charge in [0.2, 0.25) is 0 Å². The molecule has 0 spiro atoms. The number of ether oxygens (including phenoxy) is 2. The van der Waals surface area contributed by atoms with Gasteiger partial charge in [0.15, 0.2) is 0 Å². The minimum absolute atomic E-state index is 0.353. The van der Waals surface area contributed by atoms with Gasteiger partial charge in [-0.05, 0) is 48.4 Å². The van der Waals surface area contributed by atoms with Gasteiger partial charge in [-0.1, -0.05) is 18.0 Å². The molecule has 0 bridgehead atoms. The summed E-state index contributed by atoms with van der Waals surface area (Å²) >= 11 is 6.12. The summed E-state index contributed by atoms with van der Waals surface area (Å²) in [5.74, 6) is 0.942. The summed E-state index contributed by atoms with van der Waals surface area (Å²) in [7, 11) is 3.45. The molecule has 2 rings (SSSR count). The molecule has 0 aromatic heterocycles. The molecular formula is C16H24ClNO2. The first kappa shape index (κ1) is 15.6. The summed E-state index contributed by atoms with van der Waals surface area (Å²) in [5.41, 5.74) is 1.57. The van der Waals surface area contributed by atoms with Gasteiger partial charge in [-0.3, -0.25) is 0 Å². The molecular weight excluding hydrogens is 274 g/mol. The first-order chi connectivity index (χ1) is 9.69. The van der Waals surface area contributed by atoms with Crippen LogP contribution in [-0.2, 0) is 11.2 Å². The van der Waals surface area contributed by atoms with E-state index in [1.807, 2.05) is 18.2 Å². The lowest BCUT2D eigenvalue weighted by Crippen LogP contribution is -2.42. The van der Waals surface area contributed by atoms with E-state index >= 15 is 0 Å². The van der Waals surface area contributed by atoms with E-state index in [4.69, 9.17) is 21.1 Å². The summed E-state index contributed by atoms with van der Waals surface area (Å²) in [6.45, 7) is 2.70. The zero-order valence-electron chi connectivity index (χ0n) is 12.4. The molecule has 0 saturated heterocycles. The van der Waals surface area contributed by atoms with Crippen LogP contribution in [0.5, 0.6) is 5.75 Å². The van der Waals surface area contributed by atoms with Gasteiger partial charge < -0.3 is 14.8 Å². The SMILES string of the molecule is COCCNCC1(Cc2cc(Cl)ccc2OC)CCC1. The molecule has 4 heteroatoms. The van der Waals surface area contributed by atoms with E-state index in [2.05, 4.69) is 5.32 Å². The van der Waals surface area contributed by atoms with E-state index in [0.717, 1.165) is 36.9 Å². The van der Waals surface area contributed by atoms with Crippen molar-refractivity contribution < 1.29 is 9.47 Å². The molecule has 0 radical (unpaired) electrons. The fourth-order valence-corrected chi connectivity index (χ4v) is 3.10. The quantitative estimate of drug-likeness (QED) is 0.747. The van der Waals surface area contributed by atoms with Crippen LogP contribution in [0, 0.1) is 5.41 Å². The normalized spacial score (nSPS) is 16.8. The smallest absolute Gasteiger partial charge is 0.122 e. The Balaban J connectivity index is 2.00. The average molecular weight is 298 g/mol. The Morgan fingerprint density at radius 2 is 2.10 bits per heavy atom. The number of nitrogens with one attached hydrogen (secondary N) is 1. The molecule has 1 N–H and O–H groups in total. The zero-order chi connectivity index (χ0) is 14.4. The Morgan fingerprint density at radius 3 is 2.70 bits per heavy atom. The van der Waals surface area contributed by atoms with Crippen LogP contribution in [0.4, 0.5) is 0 Å². The van der Waals surface area contributed by atoms with Crippen molar-refractivity contribution in [1.82, 2.24) is 5.32 Å². The molecule has 1 aromatic rings. The second-order valence-electron chi connectivity index (χ2n) is 5.66. The largest absolute Gasteiger partial charge is 0.496 e. The van der Waals surface area contributed by atoms with Crippen molar-refractivity contribution in [1.29, 1.82) is 0 Å². The van der Waals surface area contributed by atoms with Crippen LogP contribution in [0.25, 0.3) is 0 Å². The lowest BCUT2D eigenvalue weighted by atomic mass is 9.65. The standard InChI is InChI=1S/C16H24ClNO2/c1-19-9-8-18-12-16(6-3-7-16)11-13-10-14(17)4-5-15(13)20-2/h4-5,10,18H,3,6-9,11-12H2,1-2H3. The zero-order valence-corrected chi connectivity index (χ0v) is 13.1. The molecule has 1 aliphatic rings. The lowest BCUT2D eigenvalue weighted by molar-refractivity contribution is 0.122. The van der Waals surface area contributed by atoms with Crippen molar-refractivity contribution in [2.45, 2.75) is 25.7 Å². The van der Waals surface area contributed by atoms with Gasteiger partial charge >= 0.3 is 0 Å². The van der Waals surface area contributed by atoms with Crippen LogP contribution in [0.2, 0.25) is 5.02 Å². The predicted molar refractivity (Wildman–Crippen MR) is 82.7 cm³/mol. The number of methoxy groups -OCH3 is 2. The third-order valence-corrected chi connectivity index (χ3v) is 4.44. The van der Waals surface area contributed by atoms with Crippen molar-refractivity contribution >= 4 is 11.6 Å². The molecule has 0 heterocycles. The molecule has 1 aliphatic carbocycles. The highest BCUT2D eigenvalue weighted by molar-refractivity contribution is 6.30. The molecule has 0 aliphatic heterocycles. The summed E-state index contributed by atoms with van der Waals surface area (Å²) in [5, 5.41) is 4.28. The Labute approximate surface area is 126 Å². The van der Waals surface area contributed by atoms with E-state index in [0.29, 0.717) is 5.41 Å². The molecule has 0 amide bonds. The molecule has 20 heavy (non-hydrogen) atoms. The minimum atomic E-state index is 0.353. The van der Waals surface area contributed by atoms with Gasteiger partial charge in [-0.15, -0.1) is 0 Å². The molecule has 1 fully saturated rings. The average Bonchev–Trinajstić information content (AvgIpc) is 2.40. The van der Waals surface area contributed by atoms with Crippen molar-refractivity contribution in [3.8, 4) is 5.75 Å². The molecule has 3 nitrogen and oxygen atoms in total. The topological polar surface area (TPSA) is 30.5 Å². The van der Waals surface area contributed by atoms with Gasteiger partial charge in [-0.2, -0.15) is 0 Å².